The molecule has 0 aliphatic rings. The highest BCUT2D eigenvalue weighted by Gasteiger charge is 2.16. The summed E-state index contributed by atoms with van der Waals surface area (Å²) in [6, 6.07) is 0. The molecule has 0 aromatic rings. The van der Waals surface area contributed by atoms with Crippen molar-refractivity contribution in [2.24, 2.45) is 5.92 Å². The highest BCUT2D eigenvalue weighted by Crippen LogP contribution is 2.14. The molecular formula is C19H37NO3. The van der Waals surface area contributed by atoms with E-state index in [4.69, 9.17) is 4.74 Å². The van der Waals surface area contributed by atoms with E-state index in [1.165, 1.54) is 0 Å². The van der Waals surface area contributed by atoms with Crippen molar-refractivity contribution in [3.05, 3.63) is 0 Å². The zero-order valence-electron chi connectivity index (χ0n) is 15.7. The van der Waals surface area contributed by atoms with Crippen LogP contribution < -0.4 is 5.32 Å². The van der Waals surface area contributed by atoms with Crippen molar-refractivity contribution in [1.82, 2.24) is 5.32 Å². The minimum atomic E-state index is -0.134. The largest absolute Gasteiger partial charge is 0.462 e. The number of rotatable bonds is 14. The molecule has 1 amide bonds. The third-order valence-electron chi connectivity index (χ3n) is 4.02. The number of carbonyl (C=O) groups excluding carboxylic acids is 2. The Labute approximate surface area is 142 Å². The van der Waals surface area contributed by atoms with E-state index in [9.17, 15) is 9.59 Å². The van der Waals surface area contributed by atoms with E-state index in [-0.39, 0.29) is 23.9 Å². The van der Waals surface area contributed by atoms with Crippen LogP contribution in [0.2, 0.25) is 0 Å². The van der Waals surface area contributed by atoms with Crippen LogP contribution in [0.4, 0.5) is 0 Å². The standard InChI is InChI=1S/C19H37NO3/c1-5-10-16(11-6-2)19(22)20-15-9-14-18(21)23-17(12-7-3)13-8-4/h16-17H,5-15H2,1-4H3,(H,20,22). The maximum Gasteiger partial charge on any atom is 0.306 e. The fourth-order valence-electron chi connectivity index (χ4n) is 2.84. The van der Waals surface area contributed by atoms with Crippen LogP contribution in [0.3, 0.4) is 0 Å². The third kappa shape index (κ3) is 11.2. The van der Waals surface area contributed by atoms with Crippen LogP contribution in [0.15, 0.2) is 0 Å². The van der Waals surface area contributed by atoms with Gasteiger partial charge in [0.25, 0.3) is 0 Å². The second-order valence-electron chi connectivity index (χ2n) is 6.36. The Morgan fingerprint density at radius 1 is 0.870 bits per heavy atom. The first-order valence-electron chi connectivity index (χ1n) is 9.56. The number of carbonyl (C=O) groups is 2. The SMILES string of the molecule is CCCC(CCC)OC(=O)CCCNC(=O)C(CCC)CCC. The number of esters is 1. The van der Waals surface area contributed by atoms with Crippen molar-refractivity contribution in [3.8, 4) is 0 Å². The minimum absolute atomic E-state index is 0.0607. The zero-order chi connectivity index (χ0) is 17.5. The van der Waals surface area contributed by atoms with Gasteiger partial charge in [0.15, 0.2) is 0 Å². The van der Waals surface area contributed by atoms with Crippen molar-refractivity contribution in [2.75, 3.05) is 6.54 Å². The molecule has 4 nitrogen and oxygen atoms in total. The first-order valence-corrected chi connectivity index (χ1v) is 9.56. The molecule has 1 N–H and O–H groups in total. The molecule has 0 radical (unpaired) electrons. The van der Waals surface area contributed by atoms with Crippen molar-refractivity contribution in [1.29, 1.82) is 0 Å². The number of ether oxygens (including phenoxy) is 1. The molecule has 0 atom stereocenters. The van der Waals surface area contributed by atoms with Gasteiger partial charge in [-0.05, 0) is 32.1 Å². The molecule has 0 aliphatic heterocycles. The predicted octanol–water partition coefficient (Wildman–Crippen LogP) is 4.61. The first kappa shape index (κ1) is 21.9. The lowest BCUT2D eigenvalue weighted by molar-refractivity contribution is -0.150. The Balaban J connectivity index is 3.95. The van der Waals surface area contributed by atoms with Crippen LogP contribution in [0.25, 0.3) is 0 Å². The number of amides is 1. The van der Waals surface area contributed by atoms with E-state index in [2.05, 4.69) is 33.0 Å². The van der Waals surface area contributed by atoms with Gasteiger partial charge in [-0.3, -0.25) is 9.59 Å². The summed E-state index contributed by atoms with van der Waals surface area (Å²) in [6.07, 6.45) is 8.98. The molecule has 0 saturated heterocycles. The quantitative estimate of drug-likeness (QED) is 0.374. The zero-order valence-corrected chi connectivity index (χ0v) is 15.7. The summed E-state index contributed by atoms with van der Waals surface area (Å²) in [7, 11) is 0. The molecule has 0 rings (SSSR count). The molecule has 0 unspecified atom stereocenters. The minimum Gasteiger partial charge on any atom is -0.462 e. The van der Waals surface area contributed by atoms with Crippen LogP contribution in [0, 0.1) is 5.92 Å². The van der Waals surface area contributed by atoms with Gasteiger partial charge >= 0.3 is 5.97 Å². The molecule has 0 spiro atoms. The molecule has 136 valence electrons. The Hall–Kier alpha value is -1.06. The molecular weight excluding hydrogens is 290 g/mol. The Bertz CT molecular complexity index is 306. The second kappa shape index (κ2) is 14.5. The van der Waals surface area contributed by atoms with E-state index in [0.717, 1.165) is 51.4 Å². The molecule has 0 bridgehead atoms. The number of nitrogens with one attached hydrogen (secondary N) is 1. The second-order valence-corrected chi connectivity index (χ2v) is 6.36. The van der Waals surface area contributed by atoms with Crippen molar-refractivity contribution < 1.29 is 14.3 Å². The summed E-state index contributed by atoms with van der Waals surface area (Å²) in [4.78, 5) is 23.9. The molecule has 0 aromatic carbocycles. The van der Waals surface area contributed by atoms with Gasteiger partial charge in [0.2, 0.25) is 5.91 Å². The van der Waals surface area contributed by atoms with Gasteiger partial charge in [-0.2, -0.15) is 0 Å². The predicted molar refractivity (Wildman–Crippen MR) is 95.2 cm³/mol. The lowest BCUT2D eigenvalue weighted by Gasteiger charge is -2.17. The fourth-order valence-corrected chi connectivity index (χ4v) is 2.84. The average molecular weight is 328 g/mol. The third-order valence-corrected chi connectivity index (χ3v) is 4.02. The maximum absolute atomic E-state index is 12.1. The van der Waals surface area contributed by atoms with Crippen LogP contribution in [-0.2, 0) is 14.3 Å². The molecule has 23 heavy (non-hydrogen) atoms. The monoisotopic (exact) mass is 327 g/mol. The van der Waals surface area contributed by atoms with E-state index in [1.54, 1.807) is 0 Å². The Morgan fingerprint density at radius 2 is 1.39 bits per heavy atom. The summed E-state index contributed by atoms with van der Waals surface area (Å²) in [5.41, 5.74) is 0. The van der Waals surface area contributed by atoms with Crippen molar-refractivity contribution >= 4 is 11.9 Å². The highest BCUT2D eigenvalue weighted by atomic mass is 16.5. The van der Waals surface area contributed by atoms with Crippen LogP contribution in [-0.4, -0.2) is 24.5 Å². The summed E-state index contributed by atoms with van der Waals surface area (Å²) in [5, 5.41) is 2.96. The molecule has 0 aliphatic carbocycles. The fraction of sp³-hybridized carbons (Fsp3) is 0.895. The van der Waals surface area contributed by atoms with E-state index < -0.39 is 0 Å². The number of hydrogen-bond acceptors (Lipinski definition) is 3. The molecule has 0 aromatic heterocycles. The first-order chi connectivity index (χ1) is 11.1. The van der Waals surface area contributed by atoms with Gasteiger partial charge in [0.1, 0.15) is 6.10 Å². The molecule has 0 saturated carbocycles. The van der Waals surface area contributed by atoms with Gasteiger partial charge in [0.05, 0.1) is 0 Å². The van der Waals surface area contributed by atoms with Gasteiger partial charge in [-0.1, -0.05) is 53.4 Å². The summed E-state index contributed by atoms with van der Waals surface area (Å²) in [5.74, 6) is 0.122. The van der Waals surface area contributed by atoms with E-state index in [0.29, 0.717) is 19.4 Å². The van der Waals surface area contributed by atoms with Gasteiger partial charge in [0, 0.05) is 18.9 Å². The Morgan fingerprint density at radius 3 is 1.87 bits per heavy atom. The Kier molecular flexibility index (Phi) is 13.9. The lowest BCUT2D eigenvalue weighted by Crippen LogP contribution is -2.31. The molecule has 4 heteroatoms. The summed E-state index contributed by atoms with van der Waals surface area (Å²) >= 11 is 0. The van der Waals surface area contributed by atoms with Gasteiger partial charge < -0.3 is 10.1 Å². The van der Waals surface area contributed by atoms with E-state index in [1.807, 2.05) is 0 Å². The van der Waals surface area contributed by atoms with Crippen molar-refractivity contribution in [3.63, 3.8) is 0 Å². The van der Waals surface area contributed by atoms with Crippen LogP contribution >= 0.6 is 0 Å². The highest BCUT2D eigenvalue weighted by molar-refractivity contribution is 5.78. The molecule has 0 fully saturated rings. The smallest absolute Gasteiger partial charge is 0.306 e. The average Bonchev–Trinajstić information content (AvgIpc) is 2.51. The summed E-state index contributed by atoms with van der Waals surface area (Å²) < 4.78 is 5.51. The van der Waals surface area contributed by atoms with E-state index >= 15 is 0 Å². The lowest BCUT2D eigenvalue weighted by atomic mass is 9.97. The number of hydrogen-bond donors (Lipinski definition) is 1. The normalized spacial score (nSPS) is 11.0. The maximum atomic E-state index is 12.1. The van der Waals surface area contributed by atoms with Crippen molar-refractivity contribution in [2.45, 2.75) is 98.0 Å². The topological polar surface area (TPSA) is 55.4 Å². The molecule has 0 heterocycles. The van der Waals surface area contributed by atoms with Crippen LogP contribution in [0.5, 0.6) is 0 Å². The van der Waals surface area contributed by atoms with Crippen LogP contribution in [0.1, 0.15) is 91.9 Å². The summed E-state index contributed by atoms with van der Waals surface area (Å²) in [6.45, 7) is 8.98. The van der Waals surface area contributed by atoms with Gasteiger partial charge in [-0.15, -0.1) is 0 Å². The van der Waals surface area contributed by atoms with Gasteiger partial charge in [-0.25, -0.2) is 0 Å².